The SMILES string of the molecule is CCOc1cc(SC(F)(F)F)cc(C(Br)C(C)=O)c1. The van der Waals surface area contributed by atoms with Gasteiger partial charge in [-0.3, -0.25) is 4.79 Å². The Morgan fingerprint density at radius 1 is 1.42 bits per heavy atom. The molecule has 0 N–H and O–H groups in total. The Labute approximate surface area is 121 Å². The van der Waals surface area contributed by atoms with Crippen LogP contribution in [0.1, 0.15) is 24.2 Å². The predicted molar refractivity (Wildman–Crippen MR) is 71.9 cm³/mol. The molecule has 1 atom stereocenters. The molecule has 0 aliphatic heterocycles. The van der Waals surface area contributed by atoms with Crippen LogP contribution in [-0.2, 0) is 4.79 Å². The molecule has 1 rings (SSSR count). The first-order valence-corrected chi connectivity index (χ1v) is 7.14. The normalized spacial score (nSPS) is 13.2. The van der Waals surface area contributed by atoms with Gasteiger partial charge in [-0.2, -0.15) is 13.2 Å². The van der Waals surface area contributed by atoms with E-state index < -0.39 is 10.3 Å². The summed E-state index contributed by atoms with van der Waals surface area (Å²) in [6.07, 6.45) is 0. The smallest absolute Gasteiger partial charge is 0.446 e. The lowest BCUT2D eigenvalue weighted by Gasteiger charge is -2.13. The van der Waals surface area contributed by atoms with E-state index in [1.54, 1.807) is 13.0 Å². The van der Waals surface area contributed by atoms with Crippen LogP contribution in [0.15, 0.2) is 23.1 Å². The van der Waals surface area contributed by atoms with Crippen molar-refractivity contribution in [2.24, 2.45) is 0 Å². The summed E-state index contributed by atoms with van der Waals surface area (Å²) in [5.74, 6) is 0.133. The average Bonchev–Trinajstić information content (AvgIpc) is 2.25. The predicted octanol–water partition coefficient (Wildman–Crippen LogP) is 4.72. The van der Waals surface area contributed by atoms with E-state index in [4.69, 9.17) is 4.74 Å². The third-order valence-electron chi connectivity index (χ3n) is 2.10. The zero-order chi connectivity index (χ0) is 14.6. The summed E-state index contributed by atoms with van der Waals surface area (Å²) < 4.78 is 42.4. The molecule has 0 amide bonds. The first-order valence-electron chi connectivity index (χ1n) is 5.41. The summed E-state index contributed by atoms with van der Waals surface area (Å²) in [5.41, 5.74) is -3.93. The van der Waals surface area contributed by atoms with Crippen LogP contribution < -0.4 is 4.74 Å². The fourth-order valence-corrected chi connectivity index (χ4v) is 2.32. The number of carbonyl (C=O) groups excluding carboxylic acids is 1. The van der Waals surface area contributed by atoms with E-state index in [9.17, 15) is 18.0 Å². The van der Waals surface area contributed by atoms with Crippen molar-refractivity contribution in [2.45, 2.75) is 29.1 Å². The molecule has 0 saturated carbocycles. The van der Waals surface area contributed by atoms with Gasteiger partial charge in [-0.15, -0.1) is 0 Å². The Hall–Kier alpha value is -0.690. The number of hydrogen-bond acceptors (Lipinski definition) is 3. The molecule has 106 valence electrons. The fraction of sp³-hybridized carbons (Fsp3) is 0.417. The lowest BCUT2D eigenvalue weighted by atomic mass is 10.1. The van der Waals surface area contributed by atoms with E-state index in [1.807, 2.05) is 0 Å². The molecule has 0 bridgehead atoms. The van der Waals surface area contributed by atoms with Gasteiger partial charge in [0.1, 0.15) is 11.5 Å². The quantitative estimate of drug-likeness (QED) is 0.563. The molecule has 0 aliphatic carbocycles. The van der Waals surface area contributed by atoms with E-state index in [1.165, 1.54) is 19.1 Å². The minimum absolute atomic E-state index is 0.000787. The summed E-state index contributed by atoms with van der Waals surface area (Å²) in [7, 11) is 0. The summed E-state index contributed by atoms with van der Waals surface area (Å²) >= 11 is 2.93. The maximum Gasteiger partial charge on any atom is 0.446 e. The van der Waals surface area contributed by atoms with Crippen molar-refractivity contribution in [3.8, 4) is 5.75 Å². The van der Waals surface area contributed by atoms with Crippen LogP contribution in [0.25, 0.3) is 0 Å². The van der Waals surface area contributed by atoms with E-state index in [2.05, 4.69) is 15.9 Å². The Bertz CT molecular complexity index is 463. The van der Waals surface area contributed by atoms with Gasteiger partial charge in [0, 0.05) is 4.90 Å². The van der Waals surface area contributed by atoms with Crippen molar-refractivity contribution < 1.29 is 22.7 Å². The summed E-state index contributed by atoms with van der Waals surface area (Å²) in [6, 6.07) is 4.21. The van der Waals surface area contributed by atoms with Crippen molar-refractivity contribution in [1.82, 2.24) is 0 Å². The van der Waals surface area contributed by atoms with Gasteiger partial charge in [-0.05, 0) is 49.4 Å². The maximum absolute atomic E-state index is 12.4. The molecule has 1 aromatic carbocycles. The third-order valence-corrected chi connectivity index (χ3v) is 3.97. The van der Waals surface area contributed by atoms with Crippen molar-refractivity contribution in [3.05, 3.63) is 23.8 Å². The number of rotatable bonds is 5. The first-order chi connectivity index (χ1) is 8.73. The van der Waals surface area contributed by atoms with Crippen LogP contribution in [0.2, 0.25) is 0 Å². The zero-order valence-electron chi connectivity index (χ0n) is 10.3. The lowest BCUT2D eigenvalue weighted by molar-refractivity contribution is -0.116. The molecule has 0 spiro atoms. The number of thioether (sulfide) groups is 1. The lowest BCUT2D eigenvalue weighted by Crippen LogP contribution is -2.04. The third kappa shape index (κ3) is 5.44. The second-order valence-electron chi connectivity index (χ2n) is 3.69. The Kier molecular flexibility index (Phi) is 5.73. The van der Waals surface area contributed by atoms with Gasteiger partial charge in [-0.1, -0.05) is 15.9 Å². The average molecular weight is 357 g/mol. The van der Waals surface area contributed by atoms with E-state index in [0.29, 0.717) is 17.9 Å². The highest BCUT2D eigenvalue weighted by Crippen LogP contribution is 2.40. The number of carbonyl (C=O) groups is 1. The molecule has 7 heteroatoms. The van der Waals surface area contributed by atoms with E-state index >= 15 is 0 Å². The van der Waals surface area contributed by atoms with Gasteiger partial charge in [0.2, 0.25) is 0 Å². The highest BCUT2D eigenvalue weighted by atomic mass is 79.9. The molecular formula is C12H12BrF3O2S. The number of Topliss-reactive ketones (excluding diaryl/α,β-unsaturated/α-hetero) is 1. The Morgan fingerprint density at radius 3 is 2.53 bits per heavy atom. The van der Waals surface area contributed by atoms with Crippen LogP contribution in [0.5, 0.6) is 5.75 Å². The number of hydrogen-bond donors (Lipinski definition) is 0. The monoisotopic (exact) mass is 356 g/mol. The topological polar surface area (TPSA) is 26.3 Å². The zero-order valence-corrected chi connectivity index (χ0v) is 12.7. The highest BCUT2D eigenvalue weighted by Gasteiger charge is 2.30. The minimum Gasteiger partial charge on any atom is -0.494 e. The van der Waals surface area contributed by atoms with Crippen molar-refractivity contribution in [1.29, 1.82) is 0 Å². The number of ether oxygens (including phenoxy) is 1. The van der Waals surface area contributed by atoms with Crippen molar-refractivity contribution in [3.63, 3.8) is 0 Å². The van der Waals surface area contributed by atoms with Gasteiger partial charge in [0.05, 0.1) is 11.4 Å². The standard InChI is InChI=1S/C12H12BrF3O2S/c1-3-18-9-4-8(11(13)7(2)17)5-10(6-9)19-12(14,15)16/h4-6,11H,3H2,1-2H3. The second kappa shape index (κ2) is 6.65. The van der Waals surface area contributed by atoms with Crippen LogP contribution in [0, 0.1) is 0 Å². The van der Waals surface area contributed by atoms with Gasteiger partial charge in [-0.25, -0.2) is 0 Å². The summed E-state index contributed by atoms with van der Waals surface area (Å²) in [4.78, 5) is 10.7. The van der Waals surface area contributed by atoms with Crippen LogP contribution in [-0.4, -0.2) is 17.9 Å². The van der Waals surface area contributed by atoms with Gasteiger partial charge in [0.25, 0.3) is 0 Å². The number of alkyl halides is 4. The molecule has 2 nitrogen and oxygen atoms in total. The number of ketones is 1. The second-order valence-corrected chi connectivity index (χ2v) is 5.75. The molecule has 0 fully saturated rings. The molecule has 0 heterocycles. The molecule has 0 aliphatic rings. The molecule has 19 heavy (non-hydrogen) atoms. The first kappa shape index (κ1) is 16.4. The van der Waals surface area contributed by atoms with Gasteiger partial charge >= 0.3 is 5.51 Å². The summed E-state index contributed by atoms with van der Waals surface area (Å²) in [6.45, 7) is 3.44. The van der Waals surface area contributed by atoms with Crippen LogP contribution in [0.3, 0.4) is 0 Å². The molecule has 1 unspecified atom stereocenters. The number of benzene rings is 1. The largest absolute Gasteiger partial charge is 0.494 e. The van der Waals surface area contributed by atoms with Gasteiger partial charge in [0.15, 0.2) is 0 Å². The fourth-order valence-electron chi connectivity index (χ4n) is 1.42. The number of halogens is 4. The van der Waals surface area contributed by atoms with Crippen LogP contribution in [0.4, 0.5) is 13.2 Å². The maximum atomic E-state index is 12.4. The van der Waals surface area contributed by atoms with Crippen LogP contribution >= 0.6 is 27.7 Å². The van der Waals surface area contributed by atoms with E-state index in [-0.39, 0.29) is 22.4 Å². The highest BCUT2D eigenvalue weighted by molar-refractivity contribution is 9.09. The minimum atomic E-state index is -4.37. The van der Waals surface area contributed by atoms with Crippen molar-refractivity contribution in [2.75, 3.05) is 6.61 Å². The molecule has 0 radical (unpaired) electrons. The molecule has 0 aromatic heterocycles. The summed E-state index contributed by atoms with van der Waals surface area (Å²) in [5, 5.41) is 0. The van der Waals surface area contributed by atoms with E-state index in [0.717, 1.165) is 0 Å². The molecule has 1 aromatic rings. The Balaban J connectivity index is 3.13. The van der Waals surface area contributed by atoms with Crippen molar-refractivity contribution >= 4 is 33.5 Å². The molecular weight excluding hydrogens is 345 g/mol. The Morgan fingerprint density at radius 2 is 2.05 bits per heavy atom. The van der Waals surface area contributed by atoms with Gasteiger partial charge < -0.3 is 4.74 Å². The molecule has 0 saturated heterocycles.